The second kappa shape index (κ2) is 6.23. The summed E-state index contributed by atoms with van der Waals surface area (Å²) < 4.78 is 12.9. The van der Waals surface area contributed by atoms with Crippen LogP contribution in [0.1, 0.15) is 24.9 Å². The number of rotatable bonds is 5. The summed E-state index contributed by atoms with van der Waals surface area (Å²) in [6.45, 7) is 2.52. The van der Waals surface area contributed by atoms with Crippen molar-refractivity contribution in [1.29, 1.82) is 0 Å². The molecule has 3 nitrogen and oxygen atoms in total. The van der Waals surface area contributed by atoms with E-state index in [4.69, 9.17) is 0 Å². The molecule has 0 bridgehead atoms. The van der Waals surface area contributed by atoms with Gasteiger partial charge in [-0.3, -0.25) is 4.79 Å². The Balaban J connectivity index is 2.40. The third-order valence-electron chi connectivity index (χ3n) is 2.43. The van der Waals surface area contributed by atoms with Gasteiger partial charge in [0.05, 0.1) is 0 Å². The lowest BCUT2D eigenvalue weighted by Crippen LogP contribution is -2.26. The molecule has 0 aliphatic heterocycles. The minimum Gasteiger partial charge on any atom is -0.359 e. The lowest BCUT2D eigenvalue weighted by molar-refractivity contribution is -0.120. The van der Waals surface area contributed by atoms with Gasteiger partial charge >= 0.3 is 0 Å². The quantitative estimate of drug-likeness (QED) is 0.798. The second-order valence-electron chi connectivity index (χ2n) is 3.65. The maximum absolute atomic E-state index is 12.9. The summed E-state index contributed by atoms with van der Waals surface area (Å²) in [6.07, 6.45) is 0.427. The second-order valence-corrected chi connectivity index (χ2v) is 3.65. The van der Waals surface area contributed by atoms with Crippen molar-refractivity contribution in [1.82, 2.24) is 10.6 Å². The van der Waals surface area contributed by atoms with Crippen LogP contribution in [0.4, 0.5) is 4.39 Å². The van der Waals surface area contributed by atoms with Gasteiger partial charge in [-0.25, -0.2) is 4.39 Å². The third-order valence-corrected chi connectivity index (χ3v) is 2.43. The van der Waals surface area contributed by atoms with Gasteiger partial charge in [-0.15, -0.1) is 0 Å². The van der Waals surface area contributed by atoms with Crippen molar-refractivity contribution in [2.24, 2.45) is 0 Å². The van der Waals surface area contributed by atoms with Crippen LogP contribution in [-0.4, -0.2) is 19.5 Å². The molecule has 0 saturated carbocycles. The summed E-state index contributed by atoms with van der Waals surface area (Å²) in [6, 6.07) is 6.50. The Kier molecular flexibility index (Phi) is 4.92. The molecule has 16 heavy (non-hydrogen) atoms. The van der Waals surface area contributed by atoms with Crippen LogP contribution in [0.3, 0.4) is 0 Å². The van der Waals surface area contributed by atoms with Gasteiger partial charge in [0.2, 0.25) is 5.91 Å². The van der Waals surface area contributed by atoms with Crippen LogP contribution in [0.5, 0.6) is 0 Å². The van der Waals surface area contributed by atoms with E-state index in [1.54, 1.807) is 13.1 Å². The van der Waals surface area contributed by atoms with Crippen molar-refractivity contribution >= 4 is 5.91 Å². The molecule has 0 fully saturated rings. The Morgan fingerprint density at radius 2 is 2.25 bits per heavy atom. The fraction of sp³-hybridized carbons (Fsp3) is 0.417. The molecule has 0 aliphatic rings. The van der Waals surface area contributed by atoms with Crippen LogP contribution in [0.2, 0.25) is 0 Å². The predicted octanol–water partition coefficient (Wildman–Crippen LogP) is 1.61. The first-order valence-corrected chi connectivity index (χ1v) is 5.33. The maximum Gasteiger partial charge on any atom is 0.221 e. The number of carbonyl (C=O) groups excluding carboxylic acids is 1. The van der Waals surface area contributed by atoms with Crippen molar-refractivity contribution in [2.45, 2.75) is 19.4 Å². The molecule has 1 atom stereocenters. The Morgan fingerprint density at radius 3 is 2.88 bits per heavy atom. The summed E-state index contributed by atoms with van der Waals surface area (Å²) in [5.74, 6) is -0.239. The normalized spacial score (nSPS) is 12.2. The number of amides is 1. The Bertz CT molecular complexity index is 355. The molecule has 1 aromatic rings. The molecule has 1 aromatic carbocycles. The van der Waals surface area contributed by atoms with Crippen LogP contribution < -0.4 is 10.6 Å². The minimum absolute atomic E-state index is 0.000979. The Labute approximate surface area is 95.0 Å². The van der Waals surface area contributed by atoms with Crippen LogP contribution in [-0.2, 0) is 4.79 Å². The molecule has 2 N–H and O–H groups in total. The molecule has 0 spiro atoms. The number of carbonyl (C=O) groups is 1. The zero-order valence-electron chi connectivity index (χ0n) is 9.59. The molecule has 1 rings (SSSR count). The van der Waals surface area contributed by atoms with Crippen molar-refractivity contribution in [3.8, 4) is 0 Å². The van der Waals surface area contributed by atoms with E-state index in [9.17, 15) is 9.18 Å². The van der Waals surface area contributed by atoms with Gasteiger partial charge in [-0.1, -0.05) is 12.1 Å². The standard InChI is InChI=1S/C12H17FN2O/c1-9(15-7-6-12(16)14-2)10-4-3-5-11(13)8-10/h3-5,8-9,15H,6-7H2,1-2H3,(H,14,16)/t9-/m1/s1. The molecule has 0 radical (unpaired) electrons. The topological polar surface area (TPSA) is 41.1 Å². The van der Waals surface area contributed by atoms with Gasteiger partial charge in [0.1, 0.15) is 5.82 Å². The van der Waals surface area contributed by atoms with Crippen LogP contribution in [0.25, 0.3) is 0 Å². The molecule has 88 valence electrons. The van der Waals surface area contributed by atoms with Crippen molar-refractivity contribution < 1.29 is 9.18 Å². The fourth-order valence-corrected chi connectivity index (χ4v) is 1.42. The Hall–Kier alpha value is -1.42. The SMILES string of the molecule is CNC(=O)CCN[C@H](C)c1cccc(F)c1. The Morgan fingerprint density at radius 1 is 1.50 bits per heavy atom. The number of hydrogen-bond donors (Lipinski definition) is 2. The van der Waals surface area contributed by atoms with Gasteiger partial charge in [-0.2, -0.15) is 0 Å². The van der Waals surface area contributed by atoms with Crippen LogP contribution in [0, 0.1) is 5.82 Å². The number of nitrogens with one attached hydrogen (secondary N) is 2. The first-order chi connectivity index (χ1) is 7.63. The van der Waals surface area contributed by atoms with E-state index in [0.29, 0.717) is 13.0 Å². The highest BCUT2D eigenvalue weighted by atomic mass is 19.1. The van der Waals surface area contributed by atoms with Crippen molar-refractivity contribution in [3.63, 3.8) is 0 Å². The molecule has 0 unspecified atom stereocenters. The molecule has 0 aromatic heterocycles. The molecule has 4 heteroatoms. The molecule has 1 amide bonds. The van der Waals surface area contributed by atoms with E-state index < -0.39 is 0 Å². The summed E-state index contributed by atoms with van der Waals surface area (Å²) in [4.78, 5) is 11.0. The van der Waals surface area contributed by atoms with E-state index in [1.165, 1.54) is 12.1 Å². The average Bonchev–Trinajstić information content (AvgIpc) is 2.28. The van der Waals surface area contributed by atoms with Gasteiger partial charge in [0, 0.05) is 26.1 Å². The summed E-state index contributed by atoms with van der Waals surface area (Å²) in [5, 5.41) is 5.71. The monoisotopic (exact) mass is 224 g/mol. The van der Waals surface area contributed by atoms with Gasteiger partial charge in [-0.05, 0) is 24.6 Å². The fourth-order valence-electron chi connectivity index (χ4n) is 1.42. The lowest BCUT2D eigenvalue weighted by atomic mass is 10.1. The van der Waals surface area contributed by atoms with Gasteiger partial charge in [0.25, 0.3) is 0 Å². The van der Waals surface area contributed by atoms with Gasteiger partial charge < -0.3 is 10.6 Å². The van der Waals surface area contributed by atoms with E-state index in [-0.39, 0.29) is 17.8 Å². The van der Waals surface area contributed by atoms with E-state index in [2.05, 4.69) is 10.6 Å². The molecule has 0 aliphatic carbocycles. The average molecular weight is 224 g/mol. The molecule has 0 heterocycles. The number of halogens is 1. The summed E-state index contributed by atoms with van der Waals surface area (Å²) >= 11 is 0. The smallest absolute Gasteiger partial charge is 0.221 e. The highest BCUT2D eigenvalue weighted by molar-refractivity contribution is 5.75. The molecular formula is C12H17FN2O. The van der Waals surface area contributed by atoms with E-state index in [1.807, 2.05) is 13.0 Å². The molecule has 0 saturated heterocycles. The zero-order valence-corrected chi connectivity index (χ0v) is 9.59. The summed E-state index contributed by atoms with van der Waals surface area (Å²) in [7, 11) is 1.61. The maximum atomic E-state index is 12.9. The van der Waals surface area contributed by atoms with Crippen LogP contribution >= 0.6 is 0 Å². The number of benzene rings is 1. The first kappa shape index (κ1) is 12.6. The van der Waals surface area contributed by atoms with Crippen LogP contribution in [0.15, 0.2) is 24.3 Å². The zero-order chi connectivity index (χ0) is 12.0. The van der Waals surface area contributed by atoms with E-state index >= 15 is 0 Å². The van der Waals surface area contributed by atoms with Gasteiger partial charge in [0.15, 0.2) is 0 Å². The van der Waals surface area contributed by atoms with E-state index in [0.717, 1.165) is 5.56 Å². The highest BCUT2D eigenvalue weighted by Gasteiger charge is 2.06. The highest BCUT2D eigenvalue weighted by Crippen LogP contribution is 2.12. The predicted molar refractivity (Wildman–Crippen MR) is 61.5 cm³/mol. The first-order valence-electron chi connectivity index (χ1n) is 5.33. The number of hydrogen-bond acceptors (Lipinski definition) is 2. The lowest BCUT2D eigenvalue weighted by Gasteiger charge is -2.13. The summed E-state index contributed by atoms with van der Waals surface area (Å²) in [5.41, 5.74) is 0.886. The minimum atomic E-state index is -0.238. The largest absolute Gasteiger partial charge is 0.359 e. The van der Waals surface area contributed by atoms with Crippen molar-refractivity contribution in [3.05, 3.63) is 35.6 Å². The third kappa shape index (κ3) is 3.98. The molecular weight excluding hydrogens is 207 g/mol. The van der Waals surface area contributed by atoms with Crippen molar-refractivity contribution in [2.75, 3.05) is 13.6 Å².